The first-order valence-electron chi connectivity index (χ1n) is 8.26. The van der Waals surface area contributed by atoms with Crippen molar-refractivity contribution in [2.24, 2.45) is 0 Å². The van der Waals surface area contributed by atoms with E-state index < -0.39 is 0 Å². The molecular formula is C19H32Cl4N4. The maximum absolute atomic E-state index is 5.76. The summed E-state index contributed by atoms with van der Waals surface area (Å²) in [7, 11) is 0. The summed E-state index contributed by atoms with van der Waals surface area (Å²) in [5, 5.41) is 6.95. The molecule has 0 aliphatic heterocycles. The first-order chi connectivity index (χ1) is 11.1. The molecule has 0 amide bonds. The molecule has 6 N–H and O–H groups in total. The van der Waals surface area contributed by atoms with Crippen molar-refractivity contribution in [2.75, 3.05) is 35.2 Å². The van der Waals surface area contributed by atoms with Crippen molar-refractivity contribution in [3.8, 4) is 0 Å². The number of hydrogen-bond acceptors (Lipinski definition) is 4. The Morgan fingerprint density at radius 3 is 1.33 bits per heavy atom. The third-order valence-electron chi connectivity index (χ3n) is 3.99. The number of hydrogen-bond donors (Lipinski definition) is 4. The highest BCUT2D eigenvalue weighted by atomic mass is 35.5. The Morgan fingerprint density at radius 2 is 1.00 bits per heavy atom. The lowest BCUT2D eigenvalue weighted by molar-refractivity contribution is 0.720. The molecule has 0 atom stereocenters. The molecule has 0 aromatic heterocycles. The fourth-order valence-electron chi connectivity index (χ4n) is 2.64. The minimum Gasteiger partial charge on any atom is -0.399 e. The third-order valence-corrected chi connectivity index (χ3v) is 3.99. The van der Waals surface area contributed by atoms with Crippen LogP contribution in [0.1, 0.15) is 30.4 Å². The minimum atomic E-state index is 0. The average Bonchev–Trinajstić information content (AvgIpc) is 2.50. The van der Waals surface area contributed by atoms with Crippen molar-refractivity contribution in [3.05, 3.63) is 47.5 Å². The summed E-state index contributed by atoms with van der Waals surface area (Å²) in [6.45, 7) is 6.15. The van der Waals surface area contributed by atoms with E-state index in [0.717, 1.165) is 37.3 Å². The van der Waals surface area contributed by atoms with Gasteiger partial charge in [0.05, 0.1) is 0 Å². The molecule has 2 aromatic carbocycles. The van der Waals surface area contributed by atoms with Crippen molar-refractivity contribution in [1.82, 2.24) is 0 Å². The largest absolute Gasteiger partial charge is 0.399 e. The smallest absolute Gasteiger partial charge is 0.0371 e. The molecule has 156 valence electrons. The first-order valence-corrected chi connectivity index (χ1v) is 8.26. The van der Waals surface area contributed by atoms with Crippen LogP contribution in [0, 0.1) is 13.8 Å². The molecule has 4 nitrogen and oxygen atoms in total. The molecule has 8 heteroatoms. The molecule has 0 aliphatic rings. The summed E-state index contributed by atoms with van der Waals surface area (Å²) in [5.74, 6) is 0. The van der Waals surface area contributed by atoms with Gasteiger partial charge in [0.15, 0.2) is 0 Å². The van der Waals surface area contributed by atoms with Gasteiger partial charge in [-0.1, -0.05) is 0 Å². The zero-order chi connectivity index (χ0) is 16.7. The predicted octanol–water partition coefficient (Wildman–Crippen LogP) is 5.85. The number of anilines is 4. The lowest BCUT2D eigenvalue weighted by Gasteiger charge is -2.11. The Kier molecular flexibility index (Phi) is 17.9. The van der Waals surface area contributed by atoms with Crippen molar-refractivity contribution in [3.63, 3.8) is 0 Å². The third kappa shape index (κ3) is 10.6. The van der Waals surface area contributed by atoms with Crippen molar-refractivity contribution in [1.29, 1.82) is 0 Å². The second-order valence-electron chi connectivity index (χ2n) is 6.06. The van der Waals surface area contributed by atoms with Crippen LogP contribution in [-0.2, 0) is 0 Å². The summed E-state index contributed by atoms with van der Waals surface area (Å²) in [5.41, 5.74) is 17.9. The summed E-state index contributed by atoms with van der Waals surface area (Å²) >= 11 is 0. The van der Waals surface area contributed by atoms with E-state index >= 15 is 0 Å². The Labute approximate surface area is 187 Å². The van der Waals surface area contributed by atoms with Gasteiger partial charge in [0.2, 0.25) is 0 Å². The first kappa shape index (κ1) is 30.5. The lowest BCUT2D eigenvalue weighted by Crippen LogP contribution is -2.06. The minimum absolute atomic E-state index is 0. The molecule has 2 rings (SSSR count). The van der Waals surface area contributed by atoms with Gasteiger partial charge in [-0.2, -0.15) is 0 Å². The second kappa shape index (κ2) is 15.8. The van der Waals surface area contributed by atoms with Gasteiger partial charge in [0.25, 0.3) is 0 Å². The zero-order valence-electron chi connectivity index (χ0n) is 15.8. The number of nitrogens with two attached hydrogens (primary N) is 2. The van der Waals surface area contributed by atoms with Gasteiger partial charge in [-0.3, -0.25) is 0 Å². The highest BCUT2D eigenvalue weighted by molar-refractivity contribution is 5.86. The summed E-state index contributed by atoms with van der Waals surface area (Å²) in [4.78, 5) is 0. The van der Waals surface area contributed by atoms with Gasteiger partial charge >= 0.3 is 0 Å². The number of unbranched alkanes of at least 4 members (excludes halogenated alkanes) is 2. The van der Waals surface area contributed by atoms with Crippen LogP contribution in [-0.4, -0.2) is 13.1 Å². The molecular weight excluding hydrogens is 426 g/mol. The Morgan fingerprint density at radius 1 is 0.630 bits per heavy atom. The Balaban J connectivity index is -0.00000144. The average molecular weight is 458 g/mol. The zero-order valence-corrected chi connectivity index (χ0v) is 19.1. The number of nitrogen functional groups attached to an aromatic ring is 2. The molecule has 0 heterocycles. The molecule has 0 bridgehead atoms. The number of rotatable bonds is 8. The molecule has 0 saturated carbocycles. The van der Waals surface area contributed by atoms with Crippen LogP contribution >= 0.6 is 49.6 Å². The molecule has 0 spiro atoms. The van der Waals surface area contributed by atoms with Gasteiger partial charge in [0, 0.05) is 35.8 Å². The van der Waals surface area contributed by atoms with Crippen LogP contribution < -0.4 is 22.1 Å². The molecule has 27 heavy (non-hydrogen) atoms. The highest BCUT2D eigenvalue weighted by Gasteiger charge is 1.99. The summed E-state index contributed by atoms with van der Waals surface area (Å²) < 4.78 is 0. The van der Waals surface area contributed by atoms with E-state index in [-0.39, 0.29) is 49.6 Å². The number of benzene rings is 2. The normalized spacial score (nSPS) is 8.96. The second-order valence-corrected chi connectivity index (χ2v) is 6.06. The molecule has 0 saturated heterocycles. The fraction of sp³-hybridized carbons (Fsp3) is 0.368. The van der Waals surface area contributed by atoms with E-state index in [1.807, 2.05) is 24.3 Å². The maximum atomic E-state index is 5.76. The van der Waals surface area contributed by atoms with Crippen molar-refractivity contribution >= 4 is 72.4 Å². The number of halogens is 4. The number of nitrogens with one attached hydrogen (secondary N) is 2. The molecule has 0 unspecified atom stereocenters. The van der Waals surface area contributed by atoms with Gasteiger partial charge in [-0.05, 0) is 80.6 Å². The van der Waals surface area contributed by atoms with Crippen LogP contribution in [0.4, 0.5) is 22.7 Å². The molecule has 2 aromatic rings. The van der Waals surface area contributed by atoms with Crippen LogP contribution in [0.3, 0.4) is 0 Å². The van der Waals surface area contributed by atoms with E-state index in [4.69, 9.17) is 11.5 Å². The summed E-state index contributed by atoms with van der Waals surface area (Å²) in [6.07, 6.45) is 3.51. The standard InChI is InChI=1S/C19H28N4.4ClH/c1-14-12-16(20)6-8-18(14)22-10-4-3-5-11-23-19-9-7-17(21)13-15(19)2;;;;/h6-9,12-13,22-23H,3-5,10-11,20-21H2,1-2H3;4*1H. The lowest BCUT2D eigenvalue weighted by atomic mass is 10.1. The quantitative estimate of drug-likeness (QED) is 0.296. The fourth-order valence-corrected chi connectivity index (χ4v) is 2.64. The van der Waals surface area contributed by atoms with E-state index in [9.17, 15) is 0 Å². The van der Waals surface area contributed by atoms with Crippen LogP contribution in [0.25, 0.3) is 0 Å². The van der Waals surface area contributed by atoms with Crippen molar-refractivity contribution < 1.29 is 0 Å². The van der Waals surface area contributed by atoms with E-state index in [0.29, 0.717) is 0 Å². The Bertz CT molecular complexity index is 598. The highest BCUT2D eigenvalue weighted by Crippen LogP contribution is 2.18. The Hall–Kier alpha value is -1.20. The molecule has 0 radical (unpaired) electrons. The monoisotopic (exact) mass is 456 g/mol. The molecule has 0 aliphatic carbocycles. The van der Waals surface area contributed by atoms with E-state index in [1.165, 1.54) is 28.9 Å². The molecule has 0 fully saturated rings. The predicted molar refractivity (Wildman–Crippen MR) is 131 cm³/mol. The van der Waals surface area contributed by atoms with Gasteiger partial charge in [0.1, 0.15) is 0 Å². The number of aryl methyl sites for hydroxylation is 2. The van der Waals surface area contributed by atoms with Crippen molar-refractivity contribution in [2.45, 2.75) is 33.1 Å². The SMILES string of the molecule is Cc1cc(N)ccc1NCCCCCNc1ccc(N)cc1C.Cl.Cl.Cl.Cl. The summed E-state index contributed by atoms with van der Waals surface area (Å²) in [6, 6.07) is 12.0. The maximum Gasteiger partial charge on any atom is 0.0371 e. The van der Waals surface area contributed by atoms with Gasteiger partial charge in [-0.15, -0.1) is 49.6 Å². The van der Waals surface area contributed by atoms with Crippen LogP contribution in [0.15, 0.2) is 36.4 Å². The van der Waals surface area contributed by atoms with Crippen LogP contribution in [0.5, 0.6) is 0 Å². The topological polar surface area (TPSA) is 76.1 Å². The van der Waals surface area contributed by atoms with Gasteiger partial charge in [-0.25, -0.2) is 0 Å². The van der Waals surface area contributed by atoms with E-state index in [1.54, 1.807) is 0 Å². The van der Waals surface area contributed by atoms with Gasteiger partial charge < -0.3 is 22.1 Å². The van der Waals surface area contributed by atoms with E-state index in [2.05, 4.69) is 36.6 Å². The van der Waals surface area contributed by atoms with Crippen LogP contribution in [0.2, 0.25) is 0 Å².